The number of alkyl halides is 2. The van der Waals surface area contributed by atoms with E-state index in [0.29, 0.717) is 10.2 Å². The molecule has 0 unspecified atom stereocenters. The van der Waals surface area contributed by atoms with E-state index in [9.17, 15) is 18.4 Å². The summed E-state index contributed by atoms with van der Waals surface area (Å²) in [6.07, 6.45) is 1.28. The molecule has 0 bridgehead atoms. The van der Waals surface area contributed by atoms with Crippen LogP contribution in [0.25, 0.3) is 10.2 Å². The van der Waals surface area contributed by atoms with Crippen LogP contribution in [0, 0.1) is 0 Å². The van der Waals surface area contributed by atoms with Crippen LogP contribution >= 0.6 is 11.3 Å². The summed E-state index contributed by atoms with van der Waals surface area (Å²) in [5.74, 6) is -0.708. The summed E-state index contributed by atoms with van der Waals surface area (Å²) in [6, 6.07) is 7.53. The Bertz CT molecular complexity index is 939. The largest absolute Gasteiger partial charge is 0.433 e. The summed E-state index contributed by atoms with van der Waals surface area (Å²) in [5.41, 5.74) is 0.334. The number of benzene rings is 1. The lowest BCUT2D eigenvalue weighted by atomic mass is 10.3. The Hall–Kier alpha value is -2.81. The maximum Gasteiger partial charge on any atom is 0.387 e. The molecule has 6 nitrogen and oxygen atoms in total. The molecule has 0 atom stereocenters. The number of fused-ring (bicyclic) bond motifs is 1. The Morgan fingerprint density at radius 2 is 2.12 bits per heavy atom. The second-order valence-corrected chi connectivity index (χ2v) is 5.65. The van der Waals surface area contributed by atoms with Crippen molar-refractivity contribution in [3.05, 3.63) is 52.4 Å². The fourth-order valence-electron chi connectivity index (χ4n) is 2.10. The average molecular weight is 351 g/mol. The third-order valence-electron chi connectivity index (χ3n) is 3.13. The molecule has 124 valence electrons. The highest BCUT2D eigenvalue weighted by atomic mass is 32.1. The molecule has 0 aliphatic rings. The van der Waals surface area contributed by atoms with Gasteiger partial charge in [0.2, 0.25) is 5.91 Å². The molecule has 0 saturated heterocycles. The number of para-hydroxylation sites is 2. The van der Waals surface area contributed by atoms with Crippen LogP contribution in [-0.2, 0) is 11.3 Å². The van der Waals surface area contributed by atoms with E-state index in [1.807, 2.05) is 0 Å². The van der Waals surface area contributed by atoms with Crippen molar-refractivity contribution in [3.63, 3.8) is 0 Å². The summed E-state index contributed by atoms with van der Waals surface area (Å²) in [6.45, 7) is -3.29. The van der Waals surface area contributed by atoms with Gasteiger partial charge in [0.25, 0.3) is 5.56 Å². The van der Waals surface area contributed by atoms with Gasteiger partial charge in [-0.1, -0.05) is 12.1 Å². The molecular formula is C15H11F2N3O3S. The number of halogens is 2. The van der Waals surface area contributed by atoms with Crippen LogP contribution in [0.15, 0.2) is 46.8 Å². The van der Waals surface area contributed by atoms with Crippen molar-refractivity contribution in [1.82, 2.24) is 9.55 Å². The molecule has 9 heteroatoms. The summed E-state index contributed by atoms with van der Waals surface area (Å²) in [7, 11) is 0. The Morgan fingerprint density at radius 3 is 2.92 bits per heavy atom. The molecule has 0 aliphatic carbocycles. The van der Waals surface area contributed by atoms with E-state index in [4.69, 9.17) is 0 Å². The van der Waals surface area contributed by atoms with Gasteiger partial charge in [-0.15, -0.1) is 11.3 Å². The van der Waals surface area contributed by atoms with Crippen molar-refractivity contribution >= 4 is 33.1 Å². The van der Waals surface area contributed by atoms with Crippen molar-refractivity contribution in [1.29, 1.82) is 0 Å². The Kier molecular flexibility index (Phi) is 4.52. The lowest BCUT2D eigenvalue weighted by Gasteiger charge is -2.12. The van der Waals surface area contributed by atoms with E-state index in [2.05, 4.69) is 15.0 Å². The Balaban J connectivity index is 1.78. The highest BCUT2D eigenvalue weighted by Gasteiger charge is 2.13. The molecule has 3 rings (SSSR count). The predicted octanol–water partition coefficient (Wildman–Crippen LogP) is 2.70. The van der Waals surface area contributed by atoms with E-state index >= 15 is 0 Å². The Morgan fingerprint density at radius 1 is 1.33 bits per heavy atom. The zero-order valence-electron chi connectivity index (χ0n) is 12.1. The molecular weight excluding hydrogens is 340 g/mol. The number of nitrogens with one attached hydrogen (secondary N) is 1. The number of aromatic nitrogens is 2. The monoisotopic (exact) mass is 351 g/mol. The number of nitrogens with zero attached hydrogens (tertiary/aromatic N) is 2. The summed E-state index contributed by atoms with van der Waals surface area (Å²) >= 11 is 1.24. The van der Waals surface area contributed by atoms with Crippen LogP contribution < -0.4 is 15.6 Å². The van der Waals surface area contributed by atoms with E-state index in [-0.39, 0.29) is 23.5 Å². The van der Waals surface area contributed by atoms with Gasteiger partial charge in [-0.2, -0.15) is 8.78 Å². The van der Waals surface area contributed by atoms with Gasteiger partial charge in [0.1, 0.15) is 17.0 Å². The number of amides is 1. The molecule has 24 heavy (non-hydrogen) atoms. The minimum atomic E-state index is -3.00. The molecule has 0 saturated carbocycles. The molecule has 1 aromatic carbocycles. The minimum Gasteiger partial charge on any atom is -0.433 e. The molecule has 2 aromatic heterocycles. The summed E-state index contributed by atoms with van der Waals surface area (Å²) in [5, 5.41) is 4.19. The molecule has 3 aromatic rings. The topological polar surface area (TPSA) is 73.2 Å². The predicted molar refractivity (Wildman–Crippen MR) is 85.6 cm³/mol. The number of thiophene rings is 1. The molecule has 0 radical (unpaired) electrons. The Labute approximate surface area is 138 Å². The zero-order chi connectivity index (χ0) is 17.1. The van der Waals surface area contributed by atoms with Crippen LogP contribution in [0.1, 0.15) is 0 Å². The highest BCUT2D eigenvalue weighted by molar-refractivity contribution is 7.17. The maximum absolute atomic E-state index is 12.4. The normalized spacial score (nSPS) is 11.0. The molecule has 0 spiro atoms. The molecule has 2 heterocycles. The second kappa shape index (κ2) is 6.75. The number of anilines is 1. The third kappa shape index (κ3) is 3.40. The van der Waals surface area contributed by atoms with Crippen LogP contribution in [0.2, 0.25) is 0 Å². The van der Waals surface area contributed by atoms with Crippen LogP contribution in [0.4, 0.5) is 14.5 Å². The summed E-state index contributed by atoms with van der Waals surface area (Å²) in [4.78, 5) is 28.4. The van der Waals surface area contributed by atoms with Crippen LogP contribution in [0.5, 0.6) is 5.75 Å². The first kappa shape index (κ1) is 16.1. The van der Waals surface area contributed by atoms with Gasteiger partial charge in [-0.25, -0.2) is 4.98 Å². The number of carbonyl (C=O) groups is 1. The van der Waals surface area contributed by atoms with Gasteiger partial charge >= 0.3 is 6.61 Å². The first-order chi connectivity index (χ1) is 11.5. The highest BCUT2D eigenvalue weighted by Crippen LogP contribution is 2.25. The van der Waals surface area contributed by atoms with Gasteiger partial charge in [0.15, 0.2) is 0 Å². The van der Waals surface area contributed by atoms with Gasteiger partial charge in [0.05, 0.1) is 17.5 Å². The lowest BCUT2D eigenvalue weighted by molar-refractivity contribution is -0.116. The first-order valence-corrected chi connectivity index (χ1v) is 7.69. The average Bonchev–Trinajstić information content (AvgIpc) is 3.01. The number of hydrogen-bond acceptors (Lipinski definition) is 5. The van der Waals surface area contributed by atoms with E-state index in [1.54, 1.807) is 17.5 Å². The van der Waals surface area contributed by atoms with E-state index < -0.39 is 12.5 Å². The van der Waals surface area contributed by atoms with Crippen molar-refractivity contribution < 1.29 is 18.3 Å². The van der Waals surface area contributed by atoms with Crippen LogP contribution in [0.3, 0.4) is 0 Å². The fraction of sp³-hybridized carbons (Fsp3) is 0.133. The van der Waals surface area contributed by atoms with Gasteiger partial charge < -0.3 is 10.1 Å². The van der Waals surface area contributed by atoms with Gasteiger partial charge in [-0.05, 0) is 23.6 Å². The van der Waals surface area contributed by atoms with E-state index in [0.717, 1.165) is 4.57 Å². The second-order valence-electron chi connectivity index (χ2n) is 4.74. The SMILES string of the molecule is O=C(Cn1cnc2ccsc2c1=O)Nc1ccccc1OC(F)F. The fourth-order valence-corrected chi connectivity index (χ4v) is 2.90. The van der Waals surface area contributed by atoms with Crippen molar-refractivity contribution in [2.24, 2.45) is 0 Å². The quantitative estimate of drug-likeness (QED) is 0.767. The summed E-state index contributed by atoms with van der Waals surface area (Å²) < 4.78 is 30.7. The standard InChI is InChI=1S/C15H11F2N3O3S/c16-15(17)23-11-4-2-1-3-9(11)19-12(21)7-20-8-18-10-5-6-24-13(10)14(20)22/h1-6,8,15H,7H2,(H,19,21). The van der Waals surface area contributed by atoms with Crippen molar-refractivity contribution in [2.75, 3.05) is 5.32 Å². The third-order valence-corrected chi connectivity index (χ3v) is 4.02. The number of carbonyl (C=O) groups excluding carboxylic acids is 1. The lowest BCUT2D eigenvalue weighted by Crippen LogP contribution is -2.27. The van der Waals surface area contributed by atoms with Crippen LogP contribution in [-0.4, -0.2) is 22.1 Å². The smallest absolute Gasteiger partial charge is 0.387 e. The van der Waals surface area contributed by atoms with Gasteiger partial charge in [-0.3, -0.25) is 14.2 Å². The first-order valence-electron chi connectivity index (χ1n) is 6.81. The van der Waals surface area contributed by atoms with Crippen molar-refractivity contribution in [3.8, 4) is 5.75 Å². The number of ether oxygens (including phenoxy) is 1. The molecule has 0 fully saturated rings. The van der Waals surface area contributed by atoms with Crippen molar-refractivity contribution in [2.45, 2.75) is 13.2 Å². The molecule has 1 N–H and O–H groups in total. The minimum absolute atomic E-state index is 0.0982. The van der Waals surface area contributed by atoms with Gasteiger partial charge in [0, 0.05) is 0 Å². The molecule has 0 aliphatic heterocycles. The molecule has 1 amide bonds. The number of hydrogen-bond donors (Lipinski definition) is 1. The maximum atomic E-state index is 12.4. The zero-order valence-corrected chi connectivity index (χ0v) is 12.9. The number of rotatable bonds is 5. The van der Waals surface area contributed by atoms with E-state index in [1.165, 1.54) is 35.9 Å².